The van der Waals surface area contributed by atoms with Crippen LogP contribution in [0.15, 0.2) is 13.2 Å². The number of aldehydes is 2. The maximum Gasteiger partial charge on any atom is 0.119 e. The predicted octanol–water partition coefficient (Wildman–Crippen LogP) is 7.10. The smallest absolute Gasteiger partial charge is 0.119 e. The lowest BCUT2D eigenvalue weighted by Gasteiger charge is -2.09. The lowest BCUT2D eigenvalue weighted by Crippen LogP contribution is -2.13. The molecular weight excluding hydrogens is 444 g/mol. The molecule has 2 unspecified atom stereocenters. The molecule has 1 heterocycles. The second-order valence-electron chi connectivity index (χ2n) is 8.46. The molecule has 0 aromatic rings. The Hall–Kier alpha value is -1.12. The zero-order valence-electron chi connectivity index (χ0n) is 24.4. The molecule has 0 saturated carbocycles. The molecule has 3 N–H and O–H groups in total. The van der Waals surface area contributed by atoms with Gasteiger partial charge in [-0.15, -0.1) is 13.2 Å². The first kappa shape index (κ1) is 43.9. The molecule has 0 aromatic carbocycles. The van der Waals surface area contributed by atoms with Gasteiger partial charge in [-0.25, -0.2) is 10.8 Å². The first-order chi connectivity index (χ1) is 16.9. The monoisotopic (exact) mass is 506 g/mol. The largest absolute Gasteiger partial charge is 0.306 e. The minimum absolute atomic E-state index is 0.466. The molecule has 1 rings (SSSR count). The number of rotatable bonds is 13. The van der Waals surface area contributed by atoms with Crippen molar-refractivity contribution in [1.82, 2.24) is 4.90 Å². The van der Waals surface area contributed by atoms with E-state index in [4.69, 9.17) is 10.1 Å². The van der Waals surface area contributed by atoms with Gasteiger partial charge in [-0.05, 0) is 65.0 Å². The standard InChI is InChI=1S/C12H25N.C6H14O2.C4H8O.C2H7NO.C2H4O.C2H4/c1-3-4-5-6-7-8-12-9-10-13(2)11-12;1-3-4-6(2)5-8-7;1-2-3-4-5;1-2-4-3;1-2-3;1-2/h12H,3-11H2,1-2H3;6-7H,3-5H2,1-2H3;4H,2-3H2,1H3;2-3H2,1H3;2H,1H3;1-2H2. The maximum absolute atomic E-state index is 9.40. The molecule has 0 amide bonds. The normalized spacial score (nSPS) is 14.5. The molecular formula is C28H62N2O5. The molecule has 0 radical (unpaired) electrons. The van der Waals surface area contributed by atoms with Crippen LogP contribution in [-0.2, 0) is 19.3 Å². The van der Waals surface area contributed by atoms with Crippen molar-refractivity contribution in [2.24, 2.45) is 17.7 Å². The highest BCUT2D eigenvalue weighted by molar-refractivity contribution is 5.48. The van der Waals surface area contributed by atoms with E-state index in [1.807, 2.05) is 13.8 Å². The van der Waals surface area contributed by atoms with Gasteiger partial charge in [-0.3, -0.25) is 5.26 Å². The van der Waals surface area contributed by atoms with Crippen LogP contribution in [0.25, 0.3) is 0 Å². The van der Waals surface area contributed by atoms with Crippen molar-refractivity contribution in [3.8, 4) is 0 Å². The summed E-state index contributed by atoms with van der Waals surface area (Å²) in [5, 5.41) is 7.96. The Balaban J connectivity index is -0.000000117. The van der Waals surface area contributed by atoms with Crippen LogP contribution in [0.3, 0.4) is 0 Å². The first-order valence-electron chi connectivity index (χ1n) is 13.5. The molecule has 1 saturated heterocycles. The average Bonchev–Trinajstić information content (AvgIpc) is 3.27. The summed E-state index contributed by atoms with van der Waals surface area (Å²) in [7, 11) is 2.25. The third-order valence-electron chi connectivity index (χ3n) is 4.92. The highest BCUT2D eigenvalue weighted by Gasteiger charge is 2.18. The van der Waals surface area contributed by atoms with E-state index in [-0.39, 0.29) is 0 Å². The summed E-state index contributed by atoms with van der Waals surface area (Å²) in [5.74, 6) is 6.04. The van der Waals surface area contributed by atoms with Gasteiger partial charge >= 0.3 is 0 Å². The summed E-state index contributed by atoms with van der Waals surface area (Å²) < 4.78 is 0. The molecule has 1 aliphatic rings. The quantitative estimate of drug-likeness (QED) is 0.0902. The second kappa shape index (κ2) is 46.2. The number of carbonyl (C=O) groups excluding carboxylic acids is 2. The Morgan fingerprint density at radius 1 is 1.06 bits per heavy atom. The van der Waals surface area contributed by atoms with Crippen LogP contribution >= 0.6 is 0 Å². The van der Waals surface area contributed by atoms with Crippen LogP contribution in [0.1, 0.15) is 112 Å². The van der Waals surface area contributed by atoms with Gasteiger partial charge in [-0.1, -0.05) is 66.2 Å². The molecule has 35 heavy (non-hydrogen) atoms. The van der Waals surface area contributed by atoms with Crippen LogP contribution in [0.4, 0.5) is 0 Å². The van der Waals surface area contributed by atoms with Crippen molar-refractivity contribution < 1.29 is 24.6 Å². The number of nitrogens with zero attached hydrogens (tertiary/aromatic N) is 1. The van der Waals surface area contributed by atoms with E-state index < -0.39 is 0 Å². The van der Waals surface area contributed by atoms with Gasteiger partial charge in [0.25, 0.3) is 0 Å². The van der Waals surface area contributed by atoms with E-state index in [1.54, 1.807) is 0 Å². The molecule has 2 atom stereocenters. The van der Waals surface area contributed by atoms with Gasteiger partial charge in [0.05, 0.1) is 13.2 Å². The minimum Gasteiger partial charge on any atom is -0.306 e. The predicted molar refractivity (Wildman–Crippen MR) is 151 cm³/mol. The third kappa shape index (κ3) is 55.0. The van der Waals surface area contributed by atoms with Crippen LogP contribution in [0.2, 0.25) is 0 Å². The fraction of sp³-hybridized carbons (Fsp3) is 0.857. The number of hydrogen-bond donors (Lipinski definition) is 2. The molecule has 0 spiro atoms. The fourth-order valence-electron chi connectivity index (χ4n) is 3.12. The topological polar surface area (TPSA) is 102 Å². The number of carbonyl (C=O) groups is 2. The van der Waals surface area contributed by atoms with Crippen molar-refractivity contribution in [2.75, 3.05) is 33.4 Å². The van der Waals surface area contributed by atoms with Crippen molar-refractivity contribution >= 4 is 12.6 Å². The number of nitrogens with two attached hydrogens (primary N) is 1. The van der Waals surface area contributed by atoms with Crippen molar-refractivity contribution in [3.63, 3.8) is 0 Å². The number of unbranched alkanes of at least 4 members (excludes halogenated alkanes) is 5. The van der Waals surface area contributed by atoms with Gasteiger partial charge in [-0.2, -0.15) is 0 Å². The van der Waals surface area contributed by atoms with Gasteiger partial charge < -0.3 is 19.3 Å². The third-order valence-corrected chi connectivity index (χ3v) is 4.92. The molecule has 1 fully saturated rings. The van der Waals surface area contributed by atoms with Crippen LogP contribution in [0, 0.1) is 11.8 Å². The van der Waals surface area contributed by atoms with E-state index in [0.29, 0.717) is 25.6 Å². The van der Waals surface area contributed by atoms with E-state index >= 15 is 0 Å². The Morgan fingerprint density at radius 3 is 1.91 bits per heavy atom. The van der Waals surface area contributed by atoms with Crippen molar-refractivity contribution in [1.29, 1.82) is 0 Å². The Kier molecular flexibility index (Phi) is 58.0. The Morgan fingerprint density at radius 2 is 1.60 bits per heavy atom. The molecule has 0 aliphatic carbocycles. The molecule has 1 aliphatic heterocycles. The van der Waals surface area contributed by atoms with Gasteiger partial charge in [0, 0.05) is 13.0 Å². The lowest BCUT2D eigenvalue weighted by molar-refractivity contribution is -0.250. The summed E-state index contributed by atoms with van der Waals surface area (Å²) in [6, 6.07) is 0. The summed E-state index contributed by atoms with van der Waals surface area (Å²) in [4.78, 5) is 28.7. The van der Waals surface area contributed by atoms with Crippen molar-refractivity contribution in [3.05, 3.63) is 13.2 Å². The highest BCUT2D eigenvalue weighted by Crippen LogP contribution is 2.21. The SMILES string of the molecule is C=C.CC=O.CCCC(C)COO.CCCC=O.CCCCCCCC1CCN(C)C1.CCON. The van der Waals surface area contributed by atoms with Crippen LogP contribution in [0.5, 0.6) is 0 Å². The first-order valence-corrected chi connectivity index (χ1v) is 13.5. The molecule has 7 heteroatoms. The van der Waals surface area contributed by atoms with Gasteiger partial charge in [0.2, 0.25) is 0 Å². The Bertz CT molecular complexity index is 352. The van der Waals surface area contributed by atoms with E-state index in [0.717, 1.165) is 37.8 Å². The van der Waals surface area contributed by atoms with E-state index in [9.17, 15) is 4.79 Å². The minimum atomic E-state index is 0.466. The average molecular weight is 507 g/mol. The van der Waals surface area contributed by atoms with Crippen LogP contribution in [-0.4, -0.2) is 56.1 Å². The molecule has 214 valence electrons. The maximum atomic E-state index is 9.40. The van der Waals surface area contributed by atoms with Crippen LogP contribution < -0.4 is 5.90 Å². The molecule has 0 aromatic heterocycles. The summed E-state index contributed by atoms with van der Waals surface area (Å²) in [5.41, 5.74) is 0. The summed E-state index contributed by atoms with van der Waals surface area (Å²) in [6.45, 7) is 21.5. The summed E-state index contributed by atoms with van der Waals surface area (Å²) in [6.07, 6.45) is 15.8. The number of likely N-dealkylation sites (tertiary alicyclic amines) is 1. The number of hydrogen-bond acceptors (Lipinski definition) is 7. The Labute approximate surface area is 218 Å². The fourth-order valence-corrected chi connectivity index (χ4v) is 3.12. The summed E-state index contributed by atoms with van der Waals surface area (Å²) >= 11 is 0. The lowest BCUT2D eigenvalue weighted by atomic mass is 10.00. The van der Waals surface area contributed by atoms with E-state index in [1.165, 1.54) is 65.0 Å². The van der Waals surface area contributed by atoms with E-state index in [2.05, 4.69) is 61.5 Å². The van der Waals surface area contributed by atoms with Crippen molar-refractivity contribution in [2.45, 2.75) is 112 Å². The van der Waals surface area contributed by atoms with Gasteiger partial charge in [0.15, 0.2) is 0 Å². The zero-order chi connectivity index (χ0) is 28.2. The zero-order valence-corrected chi connectivity index (χ0v) is 24.4. The second-order valence-corrected chi connectivity index (χ2v) is 8.46. The highest BCUT2D eigenvalue weighted by atomic mass is 17.1. The molecule has 7 nitrogen and oxygen atoms in total. The molecule has 0 bridgehead atoms. The van der Waals surface area contributed by atoms with Gasteiger partial charge in [0.1, 0.15) is 12.6 Å².